The van der Waals surface area contributed by atoms with Gasteiger partial charge in [0.2, 0.25) is 11.8 Å². The van der Waals surface area contributed by atoms with Gasteiger partial charge in [-0.3, -0.25) is 9.59 Å². The van der Waals surface area contributed by atoms with Crippen molar-refractivity contribution in [2.75, 3.05) is 18.8 Å². The third kappa shape index (κ3) is 6.25. The van der Waals surface area contributed by atoms with Crippen molar-refractivity contribution >= 4 is 35.2 Å². The van der Waals surface area contributed by atoms with Crippen molar-refractivity contribution in [3.8, 4) is 0 Å². The van der Waals surface area contributed by atoms with Crippen molar-refractivity contribution in [2.24, 2.45) is 0 Å². The summed E-state index contributed by atoms with van der Waals surface area (Å²) in [6.45, 7) is 3.20. The first-order chi connectivity index (χ1) is 14.1. The molecule has 6 heteroatoms. The Morgan fingerprint density at radius 3 is 2.52 bits per heavy atom. The highest BCUT2D eigenvalue weighted by Crippen LogP contribution is 2.36. The number of benzene rings is 2. The van der Waals surface area contributed by atoms with Crippen molar-refractivity contribution in [3.63, 3.8) is 0 Å². The highest BCUT2D eigenvalue weighted by molar-refractivity contribution is 8.00. The zero-order chi connectivity index (χ0) is 20.6. The van der Waals surface area contributed by atoms with Crippen molar-refractivity contribution in [1.82, 2.24) is 10.2 Å². The zero-order valence-corrected chi connectivity index (χ0v) is 18.2. The normalized spacial score (nSPS) is 17.6. The van der Waals surface area contributed by atoms with E-state index in [2.05, 4.69) is 17.4 Å². The number of carbonyl (C=O) groups is 2. The average molecular weight is 431 g/mol. The van der Waals surface area contributed by atoms with Crippen LogP contribution in [-0.4, -0.2) is 41.6 Å². The molecule has 1 aliphatic heterocycles. The number of rotatable bonds is 7. The van der Waals surface area contributed by atoms with Crippen LogP contribution < -0.4 is 5.32 Å². The van der Waals surface area contributed by atoms with E-state index in [0.717, 1.165) is 24.9 Å². The van der Waals surface area contributed by atoms with Crippen LogP contribution >= 0.6 is 23.4 Å². The summed E-state index contributed by atoms with van der Waals surface area (Å²) in [6.07, 6.45) is 2.32. The van der Waals surface area contributed by atoms with E-state index in [-0.39, 0.29) is 23.1 Å². The SMILES string of the molecule is CCC(=O)NC1CCCN(C(=O)CSC(c2ccccc2)c2ccc(Cl)cc2)C1. The zero-order valence-electron chi connectivity index (χ0n) is 16.6. The first kappa shape index (κ1) is 21.7. The van der Waals surface area contributed by atoms with Gasteiger partial charge in [-0.2, -0.15) is 0 Å². The van der Waals surface area contributed by atoms with Gasteiger partial charge in [0.15, 0.2) is 0 Å². The van der Waals surface area contributed by atoms with Crippen LogP contribution in [0.15, 0.2) is 54.6 Å². The van der Waals surface area contributed by atoms with Crippen LogP contribution in [0.2, 0.25) is 5.02 Å². The lowest BCUT2D eigenvalue weighted by Crippen LogP contribution is -2.50. The van der Waals surface area contributed by atoms with Crippen molar-refractivity contribution < 1.29 is 9.59 Å². The number of nitrogens with one attached hydrogen (secondary N) is 1. The third-order valence-electron chi connectivity index (χ3n) is 5.11. The molecule has 2 aromatic carbocycles. The van der Waals surface area contributed by atoms with E-state index < -0.39 is 0 Å². The number of amides is 2. The van der Waals surface area contributed by atoms with E-state index in [0.29, 0.717) is 23.7 Å². The Balaban J connectivity index is 1.65. The van der Waals surface area contributed by atoms with Gasteiger partial charge in [0.25, 0.3) is 0 Å². The summed E-state index contributed by atoms with van der Waals surface area (Å²) < 4.78 is 0. The van der Waals surface area contributed by atoms with Gasteiger partial charge in [0, 0.05) is 30.6 Å². The van der Waals surface area contributed by atoms with Gasteiger partial charge in [-0.25, -0.2) is 0 Å². The van der Waals surface area contributed by atoms with E-state index in [1.54, 1.807) is 11.8 Å². The topological polar surface area (TPSA) is 49.4 Å². The molecule has 154 valence electrons. The number of halogens is 1. The minimum absolute atomic E-state index is 0.0468. The molecular formula is C23H27ClN2O2S. The highest BCUT2D eigenvalue weighted by Gasteiger charge is 2.25. The molecule has 1 N–H and O–H groups in total. The van der Waals surface area contributed by atoms with E-state index in [1.807, 2.05) is 54.3 Å². The second-order valence-electron chi connectivity index (χ2n) is 7.25. The molecule has 2 amide bonds. The summed E-state index contributed by atoms with van der Waals surface area (Å²) in [5, 5.41) is 3.79. The van der Waals surface area contributed by atoms with Crippen molar-refractivity contribution in [2.45, 2.75) is 37.5 Å². The molecule has 2 unspecified atom stereocenters. The number of hydrogen-bond acceptors (Lipinski definition) is 3. The maximum Gasteiger partial charge on any atom is 0.232 e. The Morgan fingerprint density at radius 1 is 1.14 bits per heavy atom. The summed E-state index contributed by atoms with van der Waals surface area (Å²) in [6, 6.07) is 18.1. The second kappa shape index (κ2) is 10.7. The number of thioether (sulfide) groups is 1. The van der Waals surface area contributed by atoms with Gasteiger partial charge in [0.1, 0.15) is 0 Å². The quantitative estimate of drug-likeness (QED) is 0.693. The first-order valence-electron chi connectivity index (χ1n) is 10.1. The summed E-state index contributed by atoms with van der Waals surface area (Å²) in [4.78, 5) is 26.5. The van der Waals surface area contributed by atoms with Gasteiger partial charge in [0.05, 0.1) is 11.0 Å². The van der Waals surface area contributed by atoms with E-state index in [9.17, 15) is 9.59 Å². The molecule has 0 aromatic heterocycles. The van der Waals surface area contributed by atoms with Crippen molar-refractivity contribution in [3.05, 3.63) is 70.7 Å². The van der Waals surface area contributed by atoms with Crippen LogP contribution in [0.3, 0.4) is 0 Å². The average Bonchev–Trinajstić information content (AvgIpc) is 2.75. The minimum atomic E-state index is 0.0468. The summed E-state index contributed by atoms with van der Waals surface area (Å²) in [7, 11) is 0. The molecule has 0 radical (unpaired) electrons. The van der Waals surface area contributed by atoms with Crippen LogP contribution in [-0.2, 0) is 9.59 Å². The van der Waals surface area contributed by atoms with Gasteiger partial charge < -0.3 is 10.2 Å². The highest BCUT2D eigenvalue weighted by atomic mass is 35.5. The van der Waals surface area contributed by atoms with Crippen LogP contribution in [0.5, 0.6) is 0 Å². The predicted molar refractivity (Wildman–Crippen MR) is 120 cm³/mol. The predicted octanol–water partition coefficient (Wildman–Crippen LogP) is 4.68. The Morgan fingerprint density at radius 2 is 1.83 bits per heavy atom. The molecule has 0 saturated carbocycles. The molecule has 1 fully saturated rings. The fraction of sp³-hybridized carbons (Fsp3) is 0.391. The van der Waals surface area contributed by atoms with Crippen molar-refractivity contribution in [1.29, 1.82) is 0 Å². The van der Waals surface area contributed by atoms with E-state index in [1.165, 1.54) is 5.56 Å². The Bertz CT molecular complexity index is 813. The summed E-state index contributed by atoms with van der Waals surface area (Å²) in [5.74, 6) is 0.572. The summed E-state index contributed by atoms with van der Waals surface area (Å²) in [5.41, 5.74) is 2.30. The van der Waals surface area contributed by atoms with Crippen LogP contribution in [0.1, 0.15) is 42.6 Å². The van der Waals surface area contributed by atoms with E-state index in [4.69, 9.17) is 11.6 Å². The van der Waals surface area contributed by atoms with Gasteiger partial charge in [-0.1, -0.05) is 61.0 Å². The lowest BCUT2D eigenvalue weighted by atomic mass is 10.0. The van der Waals surface area contributed by atoms with Crippen LogP contribution in [0, 0.1) is 0 Å². The van der Waals surface area contributed by atoms with E-state index >= 15 is 0 Å². The minimum Gasteiger partial charge on any atom is -0.352 e. The molecule has 0 spiro atoms. The molecule has 1 saturated heterocycles. The Hall–Kier alpha value is -1.98. The number of carbonyl (C=O) groups excluding carboxylic acids is 2. The number of likely N-dealkylation sites (tertiary alicyclic amines) is 1. The molecule has 29 heavy (non-hydrogen) atoms. The molecule has 0 aliphatic carbocycles. The fourth-order valence-electron chi connectivity index (χ4n) is 3.55. The maximum absolute atomic E-state index is 12.9. The van der Waals surface area contributed by atoms with Crippen LogP contribution in [0.25, 0.3) is 0 Å². The molecule has 0 bridgehead atoms. The molecule has 1 aliphatic rings. The maximum atomic E-state index is 12.9. The molecule has 2 atom stereocenters. The number of nitrogens with zero attached hydrogens (tertiary/aromatic N) is 1. The standard InChI is InChI=1S/C23H27ClN2O2S/c1-2-21(27)25-20-9-6-14-26(15-20)22(28)16-29-23(17-7-4-3-5-8-17)18-10-12-19(24)13-11-18/h3-5,7-8,10-13,20,23H,2,6,9,14-16H2,1H3,(H,25,27). The van der Waals surface area contributed by atoms with Crippen LogP contribution in [0.4, 0.5) is 0 Å². The second-order valence-corrected chi connectivity index (χ2v) is 8.78. The Labute approximate surface area is 182 Å². The lowest BCUT2D eigenvalue weighted by molar-refractivity contribution is -0.131. The number of piperidine rings is 1. The van der Waals surface area contributed by atoms with Gasteiger partial charge in [-0.15, -0.1) is 11.8 Å². The fourth-order valence-corrected chi connectivity index (χ4v) is 4.86. The summed E-state index contributed by atoms with van der Waals surface area (Å²) >= 11 is 7.69. The molecule has 4 nitrogen and oxygen atoms in total. The third-order valence-corrected chi connectivity index (χ3v) is 6.65. The smallest absolute Gasteiger partial charge is 0.232 e. The molecule has 2 aromatic rings. The lowest BCUT2D eigenvalue weighted by Gasteiger charge is -2.33. The number of hydrogen-bond donors (Lipinski definition) is 1. The molecular weight excluding hydrogens is 404 g/mol. The Kier molecular flexibility index (Phi) is 8.01. The monoisotopic (exact) mass is 430 g/mol. The largest absolute Gasteiger partial charge is 0.352 e. The first-order valence-corrected chi connectivity index (χ1v) is 11.5. The van der Waals surface area contributed by atoms with Gasteiger partial charge in [-0.05, 0) is 36.1 Å². The van der Waals surface area contributed by atoms with Gasteiger partial charge >= 0.3 is 0 Å². The molecule has 3 rings (SSSR count). The molecule has 1 heterocycles.